The number of rotatable bonds is 6. The predicted molar refractivity (Wildman–Crippen MR) is 92.7 cm³/mol. The van der Waals surface area contributed by atoms with Crippen LogP contribution in [0.25, 0.3) is 6.08 Å². The number of hydrogen-bond acceptors (Lipinski definition) is 4. The van der Waals surface area contributed by atoms with Gasteiger partial charge in [0.2, 0.25) is 0 Å². The van der Waals surface area contributed by atoms with Crippen LogP contribution < -0.4 is 14.8 Å². The molecule has 0 aliphatic carbocycles. The van der Waals surface area contributed by atoms with Crippen LogP contribution in [0.1, 0.15) is 26.3 Å². The number of ketones is 1. The molecule has 0 aliphatic heterocycles. The summed E-state index contributed by atoms with van der Waals surface area (Å²) >= 11 is 0. The van der Waals surface area contributed by atoms with Gasteiger partial charge in [-0.05, 0) is 42.0 Å². The molecule has 0 unspecified atom stereocenters. The molecular formula is C19H19NO4. The third kappa shape index (κ3) is 4.01. The SMILES string of the molecule is CNC(=O)c1ccc(C=CC(=O)c2cc(OC)ccc2OC)cc1. The van der Waals surface area contributed by atoms with Gasteiger partial charge in [-0.15, -0.1) is 0 Å². The van der Waals surface area contributed by atoms with Gasteiger partial charge in [-0.25, -0.2) is 0 Å². The van der Waals surface area contributed by atoms with Crippen LogP contribution >= 0.6 is 0 Å². The quantitative estimate of drug-likeness (QED) is 0.655. The minimum absolute atomic E-state index is 0.150. The standard InChI is InChI=1S/C19H19NO4/c1-20-19(22)14-7-4-13(5-8-14)6-10-17(21)16-12-15(23-2)9-11-18(16)24-3/h4-12H,1-3H3,(H,20,22). The van der Waals surface area contributed by atoms with Gasteiger partial charge in [0.1, 0.15) is 11.5 Å². The van der Waals surface area contributed by atoms with E-state index in [0.29, 0.717) is 22.6 Å². The fraction of sp³-hybridized carbons (Fsp3) is 0.158. The Morgan fingerprint density at radius 3 is 2.29 bits per heavy atom. The van der Waals surface area contributed by atoms with Gasteiger partial charge in [0.25, 0.3) is 5.91 Å². The fourth-order valence-electron chi connectivity index (χ4n) is 2.16. The largest absolute Gasteiger partial charge is 0.497 e. The van der Waals surface area contributed by atoms with Gasteiger partial charge < -0.3 is 14.8 Å². The van der Waals surface area contributed by atoms with Crippen LogP contribution in [0.4, 0.5) is 0 Å². The highest BCUT2D eigenvalue weighted by Crippen LogP contribution is 2.24. The summed E-state index contributed by atoms with van der Waals surface area (Å²) in [5.41, 5.74) is 1.81. The molecule has 5 heteroatoms. The van der Waals surface area contributed by atoms with Crippen molar-refractivity contribution in [3.63, 3.8) is 0 Å². The normalized spacial score (nSPS) is 10.5. The van der Waals surface area contributed by atoms with E-state index in [2.05, 4.69) is 5.32 Å². The zero-order valence-electron chi connectivity index (χ0n) is 13.8. The Bertz CT molecular complexity index is 763. The van der Waals surface area contributed by atoms with E-state index in [1.54, 1.807) is 62.7 Å². The van der Waals surface area contributed by atoms with Crippen molar-refractivity contribution >= 4 is 17.8 Å². The third-order valence-corrected chi connectivity index (χ3v) is 3.50. The Kier molecular flexibility index (Phi) is 5.73. The number of carbonyl (C=O) groups excluding carboxylic acids is 2. The summed E-state index contributed by atoms with van der Waals surface area (Å²) in [5.74, 6) is 0.728. The summed E-state index contributed by atoms with van der Waals surface area (Å²) in [6.07, 6.45) is 3.15. The topological polar surface area (TPSA) is 64.6 Å². The lowest BCUT2D eigenvalue weighted by molar-refractivity contribution is 0.0962. The van der Waals surface area contributed by atoms with Gasteiger partial charge in [0.15, 0.2) is 5.78 Å². The molecule has 0 saturated carbocycles. The first-order chi connectivity index (χ1) is 11.6. The van der Waals surface area contributed by atoms with Gasteiger partial charge >= 0.3 is 0 Å². The molecule has 1 N–H and O–H groups in total. The van der Waals surface area contributed by atoms with E-state index in [1.165, 1.54) is 13.2 Å². The number of nitrogens with one attached hydrogen (secondary N) is 1. The molecule has 0 bridgehead atoms. The number of ether oxygens (including phenoxy) is 2. The highest BCUT2D eigenvalue weighted by atomic mass is 16.5. The molecule has 0 saturated heterocycles. The second kappa shape index (κ2) is 7.97. The van der Waals surface area contributed by atoms with Crippen molar-refractivity contribution in [3.8, 4) is 11.5 Å². The lowest BCUT2D eigenvalue weighted by Crippen LogP contribution is -2.17. The average molecular weight is 325 g/mol. The summed E-state index contributed by atoms with van der Waals surface area (Å²) in [6, 6.07) is 12.0. The third-order valence-electron chi connectivity index (χ3n) is 3.50. The summed E-state index contributed by atoms with van der Waals surface area (Å²) in [4.78, 5) is 23.9. The Morgan fingerprint density at radius 2 is 1.71 bits per heavy atom. The van der Waals surface area contributed by atoms with Gasteiger partial charge in [-0.3, -0.25) is 9.59 Å². The lowest BCUT2D eigenvalue weighted by atomic mass is 10.1. The first-order valence-electron chi connectivity index (χ1n) is 7.35. The van der Waals surface area contributed by atoms with Gasteiger partial charge in [-0.2, -0.15) is 0 Å². The van der Waals surface area contributed by atoms with Crippen LogP contribution in [-0.4, -0.2) is 33.0 Å². The van der Waals surface area contributed by atoms with Crippen LogP contribution in [-0.2, 0) is 0 Å². The molecule has 0 spiro atoms. The second-order valence-corrected chi connectivity index (χ2v) is 4.96. The maximum atomic E-state index is 12.4. The number of benzene rings is 2. The van der Waals surface area contributed by atoms with Crippen LogP contribution in [0.3, 0.4) is 0 Å². The molecule has 2 rings (SSSR count). The highest BCUT2D eigenvalue weighted by Gasteiger charge is 2.11. The molecule has 124 valence electrons. The van der Waals surface area contributed by atoms with Crippen molar-refractivity contribution in [1.29, 1.82) is 0 Å². The number of allylic oxidation sites excluding steroid dienone is 1. The summed E-state index contributed by atoms with van der Waals surface area (Å²) < 4.78 is 10.4. The van der Waals surface area contributed by atoms with Gasteiger partial charge in [0.05, 0.1) is 19.8 Å². The van der Waals surface area contributed by atoms with E-state index in [1.807, 2.05) is 0 Å². The van der Waals surface area contributed by atoms with Crippen molar-refractivity contribution < 1.29 is 19.1 Å². The predicted octanol–water partition coefficient (Wildman–Crippen LogP) is 2.96. The van der Waals surface area contributed by atoms with Crippen LogP contribution in [0.5, 0.6) is 11.5 Å². The molecule has 1 amide bonds. The molecule has 0 heterocycles. The van der Waals surface area contributed by atoms with E-state index >= 15 is 0 Å². The molecule has 0 radical (unpaired) electrons. The number of carbonyl (C=O) groups is 2. The average Bonchev–Trinajstić information content (AvgIpc) is 2.65. The minimum atomic E-state index is -0.193. The lowest BCUT2D eigenvalue weighted by Gasteiger charge is -2.07. The zero-order valence-corrected chi connectivity index (χ0v) is 13.8. The zero-order chi connectivity index (χ0) is 17.5. The summed E-state index contributed by atoms with van der Waals surface area (Å²) in [6.45, 7) is 0. The minimum Gasteiger partial charge on any atom is -0.497 e. The molecule has 0 aliphatic rings. The Labute approximate surface area is 140 Å². The Morgan fingerprint density at radius 1 is 1.00 bits per heavy atom. The van der Waals surface area contributed by atoms with Crippen LogP contribution in [0.2, 0.25) is 0 Å². The van der Waals surface area contributed by atoms with Gasteiger partial charge in [0, 0.05) is 12.6 Å². The van der Waals surface area contributed by atoms with E-state index in [9.17, 15) is 9.59 Å². The molecule has 0 atom stereocenters. The van der Waals surface area contributed by atoms with Crippen molar-refractivity contribution in [2.45, 2.75) is 0 Å². The summed E-state index contributed by atoms with van der Waals surface area (Å²) in [5, 5.41) is 2.56. The molecule has 2 aromatic carbocycles. The van der Waals surface area contributed by atoms with E-state index in [-0.39, 0.29) is 11.7 Å². The molecule has 24 heavy (non-hydrogen) atoms. The van der Waals surface area contributed by atoms with E-state index < -0.39 is 0 Å². The van der Waals surface area contributed by atoms with E-state index in [0.717, 1.165) is 5.56 Å². The molecule has 5 nitrogen and oxygen atoms in total. The first-order valence-corrected chi connectivity index (χ1v) is 7.35. The second-order valence-electron chi connectivity index (χ2n) is 4.96. The maximum absolute atomic E-state index is 12.4. The maximum Gasteiger partial charge on any atom is 0.251 e. The first kappa shape index (κ1) is 17.3. The molecule has 0 fully saturated rings. The monoisotopic (exact) mass is 325 g/mol. The number of methoxy groups -OCH3 is 2. The Hall–Kier alpha value is -3.08. The van der Waals surface area contributed by atoms with Crippen molar-refractivity contribution in [3.05, 3.63) is 65.2 Å². The Balaban J connectivity index is 2.20. The molecule has 2 aromatic rings. The van der Waals surface area contributed by atoms with Crippen molar-refractivity contribution in [2.75, 3.05) is 21.3 Å². The van der Waals surface area contributed by atoms with Gasteiger partial charge in [-0.1, -0.05) is 18.2 Å². The van der Waals surface area contributed by atoms with Crippen molar-refractivity contribution in [1.82, 2.24) is 5.32 Å². The number of amides is 1. The number of hydrogen-bond donors (Lipinski definition) is 1. The molecule has 0 aromatic heterocycles. The smallest absolute Gasteiger partial charge is 0.251 e. The van der Waals surface area contributed by atoms with Crippen molar-refractivity contribution in [2.24, 2.45) is 0 Å². The molecular weight excluding hydrogens is 306 g/mol. The fourth-order valence-corrected chi connectivity index (χ4v) is 2.16. The van der Waals surface area contributed by atoms with Crippen LogP contribution in [0, 0.1) is 0 Å². The summed E-state index contributed by atoms with van der Waals surface area (Å²) in [7, 11) is 4.63. The highest BCUT2D eigenvalue weighted by molar-refractivity contribution is 6.09. The van der Waals surface area contributed by atoms with E-state index in [4.69, 9.17) is 9.47 Å². The van der Waals surface area contributed by atoms with Crippen LogP contribution in [0.15, 0.2) is 48.5 Å².